The number of likely N-dealkylation sites (N-methyl/N-ethyl adjacent to an activating group) is 1. The molecule has 2 aliphatic heterocycles. The first-order valence-electron chi connectivity index (χ1n) is 7.06. The summed E-state index contributed by atoms with van der Waals surface area (Å²) in [5.74, 6) is -0.701. The average molecular weight is 314 g/mol. The Hall–Kier alpha value is -1.02. The molecular weight excluding hydrogens is 295 g/mol. The van der Waals surface area contributed by atoms with Gasteiger partial charge in [-0.3, -0.25) is 4.90 Å². The van der Waals surface area contributed by atoms with E-state index >= 15 is 0 Å². The maximum Gasteiger partial charge on any atom is 0.246 e. The number of hydrogen-bond acceptors (Lipinski definition) is 4. The zero-order valence-corrected chi connectivity index (χ0v) is 12.7. The summed E-state index contributed by atoms with van der Waals surface area (Å²) >= 11 is 0. The van der Waals surface area contributed by atoms with Crippen LogP contribution in [0.25, 0.3) is 0 Å². The van der Waals surface area contributed by atoms with Gasteiger partial charge >= 0.3 is 0 Å². The molecule has 0 aromatic heterocycles. The zero-order valence-electron chi connectivity index (χ0n) is 11.9. The van der Waals surface area contributed by atoms with Gasteiger partial charge in [0.2, 0.25) is 10.0 Å². The summed E-state index contributed by atoms with van der Waals surface area (Å²) in [4.78, 5) is 1.87. The Labute approximate surface area is 124 Å². The lowest BCUT2D eigenvalue weighted by Crippen LogP contribution is -2.59. The van der Waals surface area contributed by atoms with Gasteiger partial charge < -0.3 is 4.74 Å². The summed E-state index contributed by atoms with van der Waals surface area (Å²) in [6, 6.07) is 5.56. The molecule has 0 amide bonds. The lowest BCUT2D eigenvalue weighted by atomic mass is 10.0. The van der Waals surface area contributed by atoms with Crippen LogP contribution in [0, 0.1) is 5.82 Å². The molecule has 21 heavy (non-hydrogen) atoms. The summed E-state index contributed by atoms with van der Waals surface area (Å²) in [5, 5.41) is 0. The van der Waals surface area contributed by atoms with Crippen molar-refractivity contribution < 1.29 is 17.5 Å². The molecule has 2 fully saturated rings. The molecule has 1 aromatic carbocycles. The van der Waals surface area contributed by atoms with Gasteiger partial charge in [-0.1, -0.05) is 12.1 Å². The molecule has 5 nitrogen and oxygen atoms in total. The number of rotatable bonds is 2. The molecule has 0 saturated carbocycles. The van der Waals surface area contributed by atoms with Gasteiger partial charge in [0.15, 0.2) is 0 Å². The molecule has 1 aromatic rings. The summed E-state index contributed by atoms with van der Waals surface area (Å²) in [6.45, 7) is 2.18. The predicted molar refractivity (Wildman–Crippen MR) is 75.9 cm³/mol. The molecule has 2 aliphatic rings. The second-order valence-electron chi connectivity index (χ2n) is 5.54. The fourth-order valence-electron chi connectivity index (χ4n) is 3.02. The minimum Gasteiger partial charge on any atom is -0.375 e. The third-order valence-corrected chi connectivity index (χ3v) is 6.18. The molecule has 0 radical (unpaired) electrons. The third kappa shape index (κ3) is 2.70. The van der Waals surface area contributed by atoms with E-state index in [2.05, 4.69) is 4.90 Å². The van der Waals surface area contributed by atoms with Crippen LogP contribution < -0.4 is 0 Å². The van der Waals surface area contributed by atoms with Crippen molar-refractivity contribution in [3.05, 3.63) is 30.1 Å². The highest BCUT2D eigenvalue weighted by atomic mass is 32.2. The fraction of sp³-hybridized carbons (Fsp3) is 0.571. The van der Waals surface area contributed by atoms with Crippen LogP contribution in [0.1, 0.15) is 6.42 Å². The Kier molecular flexibility index (Phi) is 4.00. The molecule has 0 aliphatic carbocycles. The fourth-order valence-corrected chi connectivity index (χ4v) is 4.56. The highest BCUT2D eigenvalue weighted by Gasteiger charge is 2.40. The van der Waals surface area contributed by atoms with Crippen LogP contribution in [0.15, 0.2) is 29.2 Å². The van der Waals surface area contributed by atoms with Crippen molar-refractivity contribution in [2.75, 3.05) is 33.3 Å². The normalized spacial score (nSPS) is 28.3. The molecule has 2 unspecified atom stereocenters. The lowest BCUT2D eigenvalue weighted by molar-refractivity contribution is -0.0840. The van der Waals surface area contributed by atoms with E-state index in [1.807, 2.05) is 7.05 Å². The Bertz CT molecular complexity index is 622. The van der Waals surface area contributed by atoms with E-state index < -0.39 is 15.8 Å². The van der Waals surface area contributed by atoms with E-state index in [1.165, 1.54) is 22.5 Å². The highest BCUT2D eigenvalue weighted by molar-refractivity contribution is 7.89. The molecule has 7 heteroatoms. The molecule has 2 heterocycles. The van der Waals surface area contributed by atoms with Crippen molar-refractivity contribution in [3.63, 3.8) is 0 Å². The smallest absolute Gasteiger partial charge is 0.246 e. The van der Waals surface area contributed by atoms with Crippen LogP contribution in [-0.4, -0.2) is 63.1 Å². The molecular formula is C14H19FN2O3S. The standard InChI is InChI=1S/C14H19FN2O3S/c1-16-8-9-20-13-6-7-17(10-12(13)16)21(18,19)14-5-3-2-4-11(14)15/h2-5,12-13H,6-10H2,1H3. The first-order chi connectivity index (χ1) is 10.00. The van der Waals surface area contributed by atoms with Gasteiger partial charge in [-0.25, -0.2) is 12.8 Å². The van der Waals surface area contributed by atoms with E-state index in [4.69, 9.17) is 4.74 Å². The molecule has 2 saturated heterocycles. The van der Waals surface area contributed by atoms with Gasteiger partial charge in [0, 0.05) is 25.7 Å². The van der Waals surface area contributed by atoms with E-state index in [9.17, 15) is 12.8 Å². The maximum absolute atomic E-state index is 13.8. The van der Waals surface area contributed by atoms with Crippen molar-refractivity contribution in [2.24, 2.45) is 0 Å². The SMILES string of the molecule is CN1CCOC2CCN(S(=O)(=O)c3ccccc3F)CC21. The van der Waals surface area contributed by atoms with E-state index in [-0.39, 0.29) is 17.0 Å². The van der Waals surface area contributed by atoms with Gasteiger partial charge in [-0.2, -0.15) is 4.31 Å². The third-order valence-electron chi connectivity index (χ3n) is 4.28. The maximum atomic E-state index is 13.8. The number of fused-ring (bicyclic) bond motifs is 1. The Morgan fingerprint density at radius 2 is 2.05 bits per heavy atom. The van der Waals surface area contributed by atoms with E-state index in [0.717, 1.165) is 6.54 Å². The van der Waals surface area contributed by atoms with E-state index in [0.29, 0.717) is 26.1 Å². The molecule has 116 valence electrons. The molecule has 3 rings (SSSR count). The summed E-state index contributed by atoms with van der Waals surface area (Å²) in [6.07, 6.45) is 0.707. The molecule has 2 atom stereocenters. The van der Waals surface area contributed by atoms with E-state index in [1.54, 1.807) is 6.07 Å². The number of sulfonamides is 1. The van der Waals surface area contributed by atoms with Crippen LogP contribution in [0.5, 0.6) is 0 Å². The Morgan fingerprint density at radius 1 is 1.29 bits per heavy atom. The van der Waals surface area contributed by atoms with Crippen LogP contribution in [-0.2, 0) is 14.8 Å². The van der Waals surface area contributed by atoms with Crippen LogP contribution >= 0.6 is 0 Å². The summed E-state index contributed by atoms with van der Waals surface area (Å²) in [7, 11) is -1.82. The van der Waals surface area contributed by atoms with Crippen molar-refractivity contribution in [2.45, 2.75) is 23.5 Å². The van der Waals surface area contributed by atoms with Crippen LogP contribution in [0.2, 0.25) is 0 Å². The van der Waals surface area contributed by atoms with Crippen LogP contribution in [0.3, 0.4) is 0 Å². The zero-order chi connectivity index (χ0) is 15.0. The van der Waals surface area contributed by atoms with Gasteiger partial charge in [0.25, 0.3) is 0 Å². The van der Waals surface area contributed by atoms with Gasteiger partial charge in [0.1, 0.15) is 10.7 Å². The topological polar surface area (TPSA) is 49.9 Å². The monoisotopic (exact) mass is 314 g/mol. The Balaban J connectivity index is 1.86. The van der Waals surface area contributed by atoms with Gasteiger partial charge in [-0.15, -0.1) is 0 Å². The number of halogens is 1. The number of nitrogens with zero attached hydrogens (tertiary/aromatic N) is 2. The molecule has 0 bridgehead atoms. The van der Waals surface area contributed by atoms with Crippen molar-refractivity contribution in [1.82, 2.24) is 9.21 Å². The quantitative estimate of drug-likeness (QED) is 0.814. The van der Waals surface area contributed by atoms with Crippen LogP contribution in [0.4, 0.5) is 4.39 Å². The molecule has 0 spiro atoms. The van der Waals surface area contributed by atoms with Gasteiger partial charge in [-0.05, 0) is 25.6 Å². The Morgan fingerprint density at radius 3 is 2.81 bits per heavy atom. The second kappa shape index (κ2) is 5.64. The summed E-state index contributed by atoms with van der Waals surface area (Å²) < 4.78 is 46.1. The predicted octanol–water partition coefficient (Wildman–Crippen LogP) is 0.919. The molecule has 0 N–H and O–H groups in total. The number of morpholine rings is 1. The number of hydrogen-bond donors (Lipinski definition) is 0. The second-order valence-corrected chi connectivity index (χ2v) is 7.45. The highest BCUT2D eigenvalue weighted by Crippen LogP contribution is 2.27. The first kappa shape index (κ1) is 14.9. The lowest BCUT2D eigenvalue weighted by Gasteiger charge is -2.45. The largest absolute Gasteiger partial charge is 0.375 e. The van der Waals surface area contributed by atoms with Crippen molar-refractivity contribution in [1.29, 1.82) is 0 Å². The van der Waals surface area contributed by atoms with Gasteiger partial charge in [0.05, 0.1) is 12.7 Å². The number of piperidine rings is 1. The average Bonchev–Trinajstić information content (AvgIpc) is 2.47. The first-order valence-corrected chi connectivity index (χ1v) is 8.50. The van der Waals surface area contributed by atoms with Crippen molar-refractivity contribution >= 4 is 10.0 Å². The van der Waals surface area contributed by atoms with Crippen molar-refractivity contribution in [3.8, 4) is 0 Å². The minimum absolute atomic E-state index is 0.0362. The minimum atomic E-state index is -3.79. The summed E-state index contributed by atoms with van der Waals surface area (Å²) in [5.41, 5.74) is 0. The number of ether oxygens (including phenoxy) is 1. The number of benzene rings is 1.